The van der Waals surface area contributed by atoms with E-state index in [4.69, 9.17) is 27.1 Å². The van der Waals surface area contributed by atoms with Crippen LogP contribution in [0, 0.1) is 20.8 Å². The van der Waals surface area contributed by atoms with Gasteiger partial charge in [0.25, 0.3) is 0 Å². The summed E-state index contributed by atoms with van der Waals surface area (Å²) >= 11 is 0. The van der Waals surface area contributed by atoms with Gasteiger partial charge in [0.15, 0.2) is 0 Å². The number of rotatable bonds is 18. The van der Waals surface area contributed by atoms with E-state index >= 15 is 0 Å². The molecule has 0 saturated carbocycles. The maximum atomic E-state index is 6.80. The summed E-state index contributed by atoms with van der Waals surface area (Å²) in [6, 6.07) is 33.2. The van der Waals surface area contributed by atoms with E-state index in [2.05, 4.69) is 156 Å². The SMILES string of the molecule is CCc1ccc(C(C)C)c(OP(Oc2ccccc2COP(Oc2cc(C)ccc2C(C)C)Oc2cc(C)ccc2C(C)C)Oc2cc(C)ccc2C(C)C)c1. The van der Waals surface area contributed by atoms with Crippen LogP contribution in [0.3, 0.4) is 0 Å². The van der Waals surface area contributed by atoms with Crippen LogP contribution in [0.4, 0.5) is 0 Å². The number of hydrogen-bond acceptors (Lipinski definition) is 6. The summed E-state index contributed by atoms with van der Waals surface area (Å²) in [7, 11) is -3.87. The molecule has 56 heavy (non-hydrogen) atoms. The van der Waals surface area contributed by atoms with Gasteiger partial charge in [0.1, 0.15) is 28.7 Å². The maximum Gasteiger partial charge on any atom is 0.530 e. The molecule has 0 saturated heterocycles. The van der Waals surface area contributed by atoms with Crippen LogP contribution in [0.5, 0.6) is 28.7 Å². The zero-order chi connectivity index (χ0) is 40.5. The predicted octanol–water partition coefficient (Wildman–Crippen LogP) is 15.3. The number of aryl methyl sites for hydroxylation is 4. The molecule has 5 rings (SSSR count). The van der Waals surface area contributed by atoms with Crippen molar-refractivity contribution in [2.75, 3.05) is 0 Å². The fourth-order valence-electron chi connectivity index (χ4n) is 6.31. The normalized spacial score (nSPS) is 12.2. The molecule has 298 valence electrons. The fraction of sp³-hybridized carbons (Fsp3) is 0.375. The van der Waals surface area contributed by atoms with E-state index in [1.807, 2.05) is 24.3 Å². The van der Waals surface area contributed by atoms with Crippen molar-refractivity contribution in [2.24, 2.45) is 0 Å². The number of hydrogen-bond donors (Lipinski definition) is 0. The Morgan fingerprint density at radius 3 is 1.23 bits per heavy atom. The van der Waals surface area contributed by atoms with Crippen molar-refractivity contribution in [3.05, 3.63) is 147 Å². The van der Waals surface area contributed by atoms with E-state index < -0.39 is 17.2 Å². The van der Waals surface area contributed by atoms with Crippen LogP contribution in [-0.2, 0) is 17.6 Å². The van der Waals surface area contributed by atoms with Crippen LogP contribution in [-0.4, -0.2) is 0 Å². The van der Waals surface area contributed by atoms with Crippen LogP contribution in [0.1, 0.15) is 136 Å². The van der Waals surface area contributed by atoms with Gasteiger partial charge in [0, 0.05) is 5.56 Å². The molecule has 0 aliphatic heterocycles. The standard InChI is InChI=1S/C48H60O6P2/c1-13-38-21-25-43(34(8)9)48(29-38)54-56(53-47-28-37(12)20-24-42(47)33(6)7)50-44-17-15-14-16-39(44)30-49-55(51-45-26-35(10)18-22-40(45)31(2)3)52-46-27-36(11)19-23-41(46)32(4)5/h14-29,31-34H,13,30H2,1-12H3. The van der Waals surface area contributed by atoms with E-state index in [9.17, 15) is 0 Å². The van der Waals surface area contributed by atoms with E-state index in [1.54, 1.807) is 0 Å². The third kappa shape index (κ3) is 11.5. The largest absolute Gasteiger partial charge is 0.530 e. The van der Waals surface area contributed by atoms with Crippen LogP contribution < -0.4 is 22.6 Å². The number of para-hydroxylation sites is 1. The highest BCUT2D eigenvalue weighted by Crippen LogP contribution is 2.50. The van der Waals surface area contributed by atoms with Crippen LogP contribution in [0.25, 0.3) is 0 Å². The Hall–Kier alpha value is -4.08. The lowest BCUT2D eigenvalue weighted by molar-refractivity contribution is 0.252. The zero-order valence-electron chi connectivity index (χ0n) is 35.3. The van der Waals surface area contributed by atoms with Crippen molar-refractivity contribution < 1.29 is 27.1 Å². The summed E-state index contributed by atoms with van der Waals surface area (Å²) in [6.45, 7) is 25.9. The van der Waals surface area contributed by atoms with Crippen molar-refractivity contribution in [2.45, 2.75) is 120 Å². The van der Waals surface area contributed by atoms with Crippen molar-refractivity contribution in [1.82, 2.24) is 0 Å². The highest BCUT2D eigenvalue weighted by molar-refractivity contribution is 7.43. The van der Waals surface area contributed by atoms with Crippen LogP contribution >= 0.6 is 17.2 Å². The molecular weight excluding hydrogens is 734 g/mol. The van der Waals surface area contributed by atoms with Gasteiger partial charge in [0.2, 0.25) is 0 Å². The smallest absolute Gasteiger partial charge is 0.417 e. The molecule has 5 aromatic rings. The molecule has 1 atom stereocenters. The third-order valence-corrected chi connectivity index (χ3v) is 11.7. The summed E-state index contributed by atoms with van der Waals surface area (Å²) < 4.78 is 40.4. The van der Waals surface area contributed by atoms with Gasteiger partial charge in [-0.05, 0) is 126 Å². The van der Waals surface area contributed by atoms with Crippen LogP contribution in [0.2, 0.25) is 0 Å². The average molecular weight is 795 g/mol. The van der Waals surface area contributed by atoms with E-state index in [-0.39, 0.29) is 30.3 Å². The Morgan fingerprint density at radius 1 is 0.429 bits per heavy atom. The fourth-order valence-corrected chi connectivity index (χ4v) is 8.42. The minimum atomic E-state index is -1.97. The van der Waals surface area contributed by atoms with E-state index in [1.165, 1.54) is 5.56 Å². The first-order chi connectivity index (χ1) is 26.7. The molecule has 0 aliphatic carbocycles. The molecule has 0 radical (unpaired) electrons. The third-order valence-electron chi connectivity index (χ3n) is 9.64. The first-order valence-electron chi connectivity index (χ1n) is 19.9. The second kappa shape index (κ2) is 19.9. The summed E-state index contributed by atoms with van der Waals surface area (Å²) in [5.74, 6) is 4.62. The Kier molecular flexibility index (Phi) is 15.3. The Morgan fingerprint density at radius 2 is 0.804 bits per heavy atom. The molecule has 0 bridgehead atoms. The van der Waals surface area contributed by atoms with Gasteiger partial charge in [-0.2, -0.15) is 0 Å². The van der Waals surface area contributed by atoms with E-state index in [0.717, 1.165) is 73.9 Å². The molecule has 1 unspecified atom stereocenters. The monoisotopic (exact) mass is 794 g/mol. The molecule has 0 amide bonds. The van der Waals surface area contributed by atoms with E-state index in [0.29, 0.717) is 5.75 Å². The van der Waals surface area contributed by atoms with Gasteiger partial charge in [-0.3, -0.25) is 4.52 Å². The Labute approximate surface area is 338 Å². The van der Waals surface area contributed by atoms with Gasteiger partial charge in [0.05, 0.1) is 6.61 Å². The molecule has 0 N–H and O–H groups in total. The Balaban J connectivity index is 1.50. The summed E-state index contributed by atoms with van der Waals surface area (Å²) in [5, 5.41) is 0. The molecule has 5 aromatic carbocycles. The molecule has 8 heteroatoms. The second-order valence-corrected chi connectivity index (χ2v) is 17.8. The predicted molar refractivity (Wildman–Crippen MR) is 234 cm³/mol. The van der Waals surface area contributed by atoms with Gasteiger partial charge in [-0.25, -0.2) is 0 Å². The van der Waals surface area contributed by atoms with Crippen LogP contribution in [0.15, 0.2) is 97.1 Å². The topological polar surface area (TPSA) is 55.4 Å². The molecule has 6 nitrogen and oxygen atoms in total. The Bertz CT molecular complexity index is 2000. The summed E-state index contributed by atoms with van der Waals surface area (Å²) in [5.41, 5.74) is 9.67. The lowest BCUT2D eigenvalue weighted by Gasteiger charge is -2.24. The van der Waals surface area contributed by atoms with Crippen molar-refractivity contribution in [3.8, 4) is 28.7 Å². The minimum absolute atomic E-state index is 0.168. The highest BCUT2D eigenvalue weighted by atomic mass is 31.2. The maximum absolute atomic E-state index is 6.80. The van der Waals surface area contributed by atoms with Crippen molar-refractivity contribution in [3.63, 3.8) is 0 Å². The van der Waals surface area contributed by atoms with Crippen molar-refractivity contribution >= 4 is 17.2 Å². The van der Waals surface area contributed by atoms with Gasteiger partial charge in [-0.1, -0.05) is 129 Å². The molecule has 0 aliphatic rings. The highest BCUT2D eigenvalue weighted by Gasteiger charge is 2.28. The van der Waals surface area contributed by atoms with Gasteiger partial charge in [-0.15, -0.1) is 0 Å². The molecular formula is C48H60O6P2. The second-order valence-electron chi connectivity index (χ2n) is 15.8. The molecule has 0 fully saturated rings. The lowest BCUT2D eigenvalue weighted by Crippen LogP contribution is -2.08. The molecule has 0 heterocycles. The summed E-state index contributed by atoms with van der Waals surface area (Å²) in [6.07, 6.45) is 0.888. The quantitative estimate of drug-likeness (QED) is 0.0824. The molecule has 0 aromatic heterocycles. The summed E-state index contributed by atoms with van der Waals surface area (Å²) in [4.78, 5) is 0. The lowest BCUT2D eigenvalue weighted by atomic mass is 10.00. The van der Waals surface area contributed by atoms with Gasteiger partial charge < -0.3 is 22.6 Å². The first kappa shape index (κ1) is 43.1. The minimum Gasteiger partial charge on any atom is -0.417 e. The number of benzene rings is 5. The average Bonchev–Trinajstić information content (AvgIpc) is 3.14. The zero-order valence-corrected chi connectivity index (χ0v) is 37.1. The van der Waals surface area contributed by atoms with Crippen molar-refractivity contribution in [1.29, 1.82) is 0 Å². The van der Waals surface area contributed by atoms with Gasteiger partial charge >= 0.3 is 17.2 Å². The first-order valence-corrected chi connectivity index (χ1v) is 22.1. The molecule has 0 spiro atoms.